The predicted molar refractivity (Wildman–Crippen MR) is 79.2 cm³/mol. The van der Waals surface area contributed by atoms with Gasteiger partial charge in [-0.05, 0) is 25.0 Å². The van der Waals surface area contributed by atoms with Crippen LogP contribution in [0.1, 0.15) is 42.3 Å². The Morgan fingerprint density at radius 2 is 1.81 bits per heavy atom. The van der Waals surface area contributed by atoms with Crippen molar-refractivity contribution in [3.63, 3.8) is 0 Å². The molecule has 2 aromatic heterocycles. The Balaban J connectivity index is 2.38. The fourth-order valence-corrected chi connectivity index (χ4v) is 2.32. The standard InChI is InChI=1S/C16H19N3O2/c1-3-13-12(10-16(20)21)14(4-2)19-15(18-13)9-11-7-5-6-8-17-11/h5-8H,3-4,9-10H2,1-2H3,(H,20,21). The highest BCUT2D eigenvalue weighted by Gasteiger charge is 2.15. The topological polar surface area (TPSA) is 76.0 Å². The maximum Gasteiger partial charge on any atom is 0.307 e. The molecule has 0 atom stereocenters. The van der Waals surface area contributed by atoms with E-state index in [1.807, 2.05) is 32.0 Å². The predicted octanol–water partition coefficient (Wildman–Crippen LogP) is 2.21. The van der Waals surface area contributed by atoms with E-state index in [0.717, 1.165) is 22.6 Å². The van der Waals surface area contributed by atoms with E-state index in [2.05, 4.69) is 15.0 Å². The van der Waals surface area contributed by atoms with Crippen LogP contribution in [-0.4, -0.2) is 26.0 Å². The van der Waals surface area contributed by atoms with Crippen LogP contribution in [-0.2, 0) is 30.5 Å². The number of carboxylic acids is 1. The summed E-state index contributed by atoms with van der Waals surface area (Å²) in [5.41, 5.74) is 3.33. The van der Waals surface area contributed by atoms with Crippen molar-refractivity contribution in [1.29, 1.82) is 0 Å². The second kappa shape index (κ2) is 6.92. The van der Waals surface area contributed by atoms with Gasteiger partial charge in [0.2, 0.25) is 0 Å². The van der Waals surface area contributed by atoms with Gasteiger partial charge < -0.3 is 5.11 Å². The molecule has 0 saturated carbocycles. The number of nitrogens with zero attached hydrogens (tertiary/aromatic N) is 3. The van der Waals surface area contributed by atoms with Gasteiger partial charge in [-0.1, -0.05) is 19.9 Å². The molecule has 1 N–H and O–H groups in total. The Kier molecular flexibility index (Phi) is 4.98. The highest BCUT2D eigenvalue weighted by Crippen LogP contribution is 2.16. The fraction of sp³-hybridized carbons (Fsp3) is 0.375. The Hall–Kier alpha value is -2.30. The summed E-state index contributed by atoms with van der Waals surface area (Å²) in [6.45, 7) is 3.97. The lowest BCUT2D eigenvalue weighted by Crippen LogP contribution is -2.13. The molecule has 0 unspecified atom stereocenters. The number of aliphatic carboxylic acids is 1. The molecule has 0 saturated heterocycles. The van der Waals surface area contributed by atoms with Crippen LogP contribution in [0.5, 0.6) is 0 Å². The van der Waals surface area contributed by atoms with Crippen LogP contribution in [0.3, 0.4) is 0 Å². The van der Waals surface area contributed by atoms with E-state index in [1.165, 1.54) is 0 Å². The fourth-order valence-electron chi connectivity index (χ4n) is 2.32. The van der Waals surface area contributed by atoms with Gasteiger partial charge in [-0.25, -0.2) is 9.97 Å². The quantitative estimate of drug-likeness (QED) is 0.880. The Bertz CT molecular complexity index is 602. The van der Waals surface area contributed by atoms with Crippen molar-refractivity contribution in [3.8, 4) is 0 Å². The van der Waals surface area contributed by atoms with Gasteiger partial charge in [-0.15, -0.1) is 0 Å². The second-order valence-electron chi connectivity index (χ2n) is 4.79. The Labute approximate surface area is 124 Å². The zero-order valence-corrected chi connectivity index (χ0v) is 12.3. The monoisotopic (exact) mass is 285 g/mol. The SMILES string of the molecule is CCc1nc(Cc2ccccn2)nc(CC)c1CC(=O)O. The molecule has 0 aliphatic heterocycles. The van der Waals surface area contributed by atoms with E-state index in [9.17, 15) is 4.79 Å². The number of rotatable bonds is 6. The van der Waals surface area contributed by atoms with Crippen LogP contribution >= 0.6 is 0 Å². The van der Waals surface area contributed by atoms with E-state index in [0.29, 0.717) is 25.1 Å². The van der Waals surface area contributed by atoms with Crippen molar-refractivity contribution < 1.29 is 9.90 Å². The van der Waals surface area contributed by atoms with Gasteiger partial charge in [0.25, 0.3) is 0 Å². The van der Waals surface area contributed by atoms with Crippen molar-refractivity contribution >= 4 is 5.97 Å². The minimum absolute atomic E-state index is 0.0176. The van der Waals surface area contributed by atoms with E-state index >= 15 is 0 Å². The maximum absolute atomic E-state index is 11.0. The molecule has 0 spiro atoms. The molecule has 0 amide bonds. The van der Waals surface area contributed by atoms with E-state index in [-0.39, 0.29) is 6.42 Å². The third-order valence-corrected chi connectivity index (χ3v) is 3.29. The lowest BCUT2D eigenvalue weighted by molar-refractivity contribution is -0.136. The molecule has 0 aliphatic rings. The number of carbonyl (C=O) groups is 1. The summed E-state index contributed by atoms with van der Waals surface area (Å²) in [5.74, 6) is -0.142. The summed E-state index contributed by atoms with van der Waals surface area (Å²) >= 11 is 0. The van der Waals surface area contributed by atoms with Gasteiger partial charge in [-0.3, -0.25) is 9.78 Å². The summed E-state index contributed by atoms with van der Waals surface area (Å²) in [5, 5.41) is 9.05. The van der Waals surface area contributed by atoms with Gasteiger partial charge in [-0.2, -0.15) is 0 Å². The zero-order valence-electron chi connectivity index (χ0n) is 12.3. The highest BCUT2D eigenvalue weighted by molar-refractivity contribution is 5.71. The van der Waals surface area contributed by atoms with Crippen molar-refractivity contribution in [1.82, 2.24) is 15.0 Å². The Morgan fingerprint density at radius 3 is 2.29 bits per heavy atom. The maximum atomic E-state index is 11.0. The van der Waals surface area contributed by atoms with Crippen molar-refractivity contribution in [2.75, 3.05) is 0 Å². The summed E-state index contributed by atoms with van der Waals surface area (Å²) in [7, 11) is 0. The Morgan fingerprint density at radius 1 is 1.14 bits per heavy atom. The molecule has 2 heterocycles. The number of hydrogen-bond donors (Lipinski definition) is 1. The third kappa shape index (κ3) is 3.84. The summed E-state index contributed by atoms with van der Waals surface area (Å²) in [6, 6.07) is 5.74. The highest BCUT2D eigenvalue weighted by atomic mass is 16.4. The minimum atomic E-state index is -0.847. The molecule has 0 bridgehead atoms. The molecule has 0 aliphatic carbocycles. The number of aromatic nitrogens is 3. The second-order valence-corrected chi connectivity index (χ2v) is 4.79. The first-order chi connectivity index (χ1) is 10.1. The van der Waals surface area contributed by atoms with Gasteiger partial charge in [0.1, 0.15) is 5.82 Å². The van der Waals surface area contributed by atoms with Crippen LogP contribution < -0.4 is 0 Å². The molecular weight excluding hydrogens is 266 g/mol. The number of carboxylic acid groups (broad SMARTS) is 1. The molecule has 2 rings (SSSR count). The molecule has 0 fully saturated rings. The van der Waals surface area contributed by atoms with Gasteiger partial charge >= 0.3 is 5.97 Å². The van der Waals surface area contributed by atoms with E-state index in [4.69, 9.17) is 5.11 Å². The van der Waals surface area contributed by atoms with Crippen LogP contribution in [0.2, 0.25) is 0 Å². The molecule has 0 radical (unpaired) electrons. The van der Waals surface area contributed by atoms with Crippen LogP contribution in [0.25, 0.3) is 0 Å². The molecule has 110 valence electrons. The molecule has 0 aromatic carbocycles. The number of pyridine rings is 1. The zero-order chi connectivity index (χ0) is 15.2. The minimum Gasteiger partial charge on any atom is -0.481 e. The molecule has 5 heteroatoms. The molecule has 5 nitrogen and oxygen atoms in total. The first kappa shape index (κ1) is 15.1. The number of aryl methyl sites for hydroxylation is 2. The first-order valence-electron chi connectivity index (χ1n) is 7.13. The van der Waals surface area contributed by atoms with Crippen LogP contribution in [0.4, 0.5) is 0 Å². The van der Waals surface area contributed by atoms with Crippen LogP contribution in [0.15, 0.2) is 24.4 Å². The van der Waals surface area contributed by atoms with Gasteiger partial charge in [0.05, 0.1) is 12.8 Å². The molecule has 21 heavy (non-hydrogen) atoms. The molecular formula is C16H19N3O2. The van der Waals surface area contributed by atoms with Crippen molar-refractivity contribution in [3.05, 3.63) is 52.9 Å². The van der Waals surface area contributed by atoms with Crippen molar-refractivity contribution in [2.45, 2.75) is 39.5 Å². The van der Waals surface area contributed by atoms with Crippen molar-refractivity contribution in [2.24, 2.45) is 0 Å². The number of hydrogen-bond acceptors (Lipinski definition) is 4. The third-order valence-electron chi connectivity index (χ3n) is 3.29. The average Bonchev–Trinajstić information content (AvgIpc) is 2.49. The summed E-state index contributed by atoms with van der Waals surface area (Å²) in [4.78, 5) is 24.4. The lowest BCUT2D eigenvalue weighted by atomic mass is 10.0. The van der Waals surface area contributed by atoms with E-state index in [1.54, 1.807) is 6.20 Å². The van der Waals surface area contributed by atoms with Gasteiger partial charge in [0.15, 0.2) is 0 Å². The van der Waals surface area contributed by atoms with Crippen LogP contribution in [0, 0.1) is 0 Å². The molecule has 2 aromatic rings. The first-order valence-corrected chi connectivity index (χ1v) is 7.13. The normalized spacial score (nSPS) is 10.6. The average molecular weight is 285 g/mol. The largest absolute Gasteiger partial charge is 0.481 e. The summed E-state index contributed by atoms with van der Waals surface area (Å²) in [6.07, 6.45) is 3.70. The van der Waals surface area contributed by atoms with Gasteiger partial charge in [0, 0.05) is 28.8 Å². The van der Waals surface area contributed by atoms with E-state index < -0.39 is 5.97 Å². The lowest BCUT2D eigenvalue weighted by Gasteiger charge is -2.12. The summed E-state index contributed by atoms with van der Waals surface area (Å²) < 4.78 is 0. The smallest absolute Gasteiger partial charge is 0.307 e.